The Balaban J connectivity index is 2.09. The maximum absolute atomic E-state index is 12.3. The number of hydrogen-bond acceptors (Lipinski definition) is 5. The Morgan fingerprint density at radius 3 is 2.08 bits per heavy atom. The maximum atomic E-state index is 12.3. The average Bonchev–Trinajstić information content (AvgIpc) is 2.57. The Bertz CT molecular complexity index is 862. The van der Waals surface area contributed by atoms with Gasteiger partial charge in [0, 0.05) is 24.0 Å². The third-order valence-electron chi connectivity index (χ3n) is 3.15. The molecule has 0 heterocycles. The molecular formula is C16H17N3O5S. The monoisotopic (exact) mass is 363 g/mol. The second-order valence-electron chi connectivity index (χ2n) is 5.05. The first kappa shape index (κ1) is 18.4. The van der Waals surface area contributed by atoms with Crippen LogP contribution in [0.2, 0.25) is 0 Å². The van der Waals surface area contributed by atoms with Gasteiger partial charge in [-0.25, -0.2) is 8.42 Å². The summed E-state index contributed by atoms with van der Waals surface area (Å²) in [6, 6.07) is 11.4. The molecule has 4 N–H and O–H groups in total. The molecule has 0 spiro atoms. The Morgan fingerprint density at radius 2 is 1.56 bits per heavy atom. The number of carbonyl (C=O) groups is 2. The number of methoxy groups -OCH3 is 1. The number of amides is 2. The summed E-state index contributed by atoms with van der Waals surface area (Å²) in [6.07, 6.45) is 0. The molecule has 2 rings (SSSR count). The van der Waals surface area contributed by atoms with E-state index >= 15 is 0 Å². The summed E-state index contributed by atoms with van der Waals surface area (Å²) in [4.78, 5) is 22.4. The van der Waals surface area contributed by atoms with Crippen LogP contribution >= 0.6 is 0 Å². The first-order valence-corrected chi connectivity index (χ1v) is 8.61. The van der Waals surface area contributed by atoms with Gasteiger partial charge in [-0.05, 0) is 48.5 Å². The predicted molar refractivity (Wildman–Crippen MR) is 92.7 cm³/mol. The molecule has 0 aromatic heterocycles. The van der Waals surface area contributed by atoms with Crippen LogP contribution in [0.1, 0.15) is 10.4 Å². The summed E-state index contributed by atoms with van der Waals surface area (Å²) >= 11 is 0. The molecule has 2 aromatic rings. The van der Waals surface area contributed by atoms with Crippen molar-refractivity contribution in [2.75, 3.05) is 23.8 Å². The number of benzene rings is 2. The standard InChI is InChI=1S/C16H17N3O5S/c1-24-10-15(20)18-12-4-6-13(7-5-12)19-25(22,23)14-8-2-11(3-9-14)16(17)21/h2-9,19H,10H2,1H3,(H2,17,21)(H,18,20). The van der Waals surface area contributed by atoms with Gasteiger partial charge in [-0.1, -0.05) is 0 Å². The van der Waals surface area contributed by atoms with Gasteiger partial charge in [0.05, 0.1) is 4.90 Å². The van der Waals surface area contributed by atoms with Crippen molar-refractivity contribution in [3.8, 4) is 0 Å². The largest absolute Gasteiger partial charge is 0.375 e. The minimum Gasteiger partial charge on any atom is -0.375 e. The van der Waals surface area contributed by atoms with Crippen LogP contribution in [0.25, 0.3) is 0 Å². The third-order valence-corrected chi connectivity index (χ3v) is 4.54. The highest BCUT2D eigenvalue weighted by molar-refractivity contribution is 7.92. The van der Waals surface area contributed by atoms with Crippen LogP contribution < -0.4 is 15.8 Å². The number of sulfonamides is 1. The molecule has 0 aliphatic rings. The fourth-order valence-corrected chi connectivity index (χ4v) is 3.02. The van der Waals surface area contributed by atoms with Gasteiger partial charge < -0.3 is 15.8 Å². The van der Waals surface area contributed by atoms with Gasteiger partial charge in [-0.15, -0.1) is 0 Å². The lowest BCUT2D eigenvalue weighted by molar-refractivity contribution is -0.119. The summed E-state index contributed by atoms with van der Waals surface area (Å²) < 4.78 is 31.7. The first-order chi connectivity index (χ1) is 11.8. The molecule has 0 atom stereocenters. The number of hydrogen-bond donors (Lipinski definition) is 3. The predicted octanol–water partition coefficient (Wildman–Crippen LogP) is 1.17. The second-order valence-corrected chi connectivity index (χ2v) is 6.74. The zero-order valence-corrected chi connectivity index (χ0v) is 14.2. The molecule has 0 bridgehead atoms. The van der Waals surface area contributed by atoms with E-state index < -0.39 is 15.9 Å². The van der Waals surface area contributed by atoms with Crippen LogP contribution in [0.4, 0.5) is 11.4 Å². The molecule has 0 unspecified atom stereocenters. The Kier molecular flexibility index (Phi) is 5.73. The average molecular weight is 363 g/mol. The van der Waals surface area contributed by atoms with Gasteiger partial charge in [0.1, 0.15) is 6.61 Å². The minimum absolute atomic E-state index is 0.00465. The topological polar surface area (TPSA) is 128 Å². The molecule has 0 saturated heterocycles. The molecule has 0 saturated carbocycles. The van der Waals surface area contributed by atoms with E-state index in [2.05, 4.69) is 10.0 Å². The van der Waals surface area contributed by atoms with Crippen LogP contribution in [-0.4, -0.2) is 33.9 Å². The number of anilines is 2. The Labute approximate surface area is 145 Å². The lowest BCUT2D eigenvalue weighted by Crippen LogP contribution is -2.17. The molecular weight excluding hydrogens is 346 g/mol. The molecule has 9 heteroatoms. The number of ether oxygens (including phenoxy) is 1. The molecule has 8 nitrogen and oxygen atoms in total. The fraction of sp³-hybridized carbons (Fsp3) is 0.125. The number of nitrogens with one attached hydrogen (secondary N) is 2. The molecule has 25 heavy (non-hydrogen) atoms. The molecule has 0 fully saturated rings. The second kappa shape index (κ2) is 7.77. The first-order valence-electron chi connectivity index (χ1n) is 7.13. The van der Waals surface area contributed by atoms with E-state index in [-0.39, 0.29) is 23.0 Å². The molecule has 132 valence electrons. The van der Waals surface area contributed by atoms with Crippen molar-refractivity contribution in [3.63, 3.8) is 0 Å². The molecule has 2 amide bonds. The summed E-state index contributed by atoms with van der Waals surface area (Å²) in [5, 5.41) is 2.60. The van der Waals surface area contributed by atoms with Crippen LogP contribution in [0, 0.1) is 0 Å². The normalized spacial score (nSPS) is 10.9. The van der Waals surface area contributed by atoms with Crippen molar-refractivity contribution < 1.29 is 22.7 Å². The van der Waals surface area contributed by atoms with E-state index in [4.69, 9.17) is 10.5 Å². The number of rotatable bonds is 7. The Morgan fingerprint density at radius 1 is 1.00 bits per heavy atom. The van der Waals surface area contributed by atoms with Gasteiger partial charge in [-0.3, -0.25) is 14.3 Å². The van der Waals surface area contributed by atoms with Gasteiger partial charge in [0.15, 0.2) is 0 Å². The van der Waals surface area contributed by atoms with Crippen molar-refractivity contribution in [3.05, 3.63) is 54.1 Å². The third kappa shape index (κ3) is 5.03. The molecule has 2 aromatic carbocycles. The van der Waals surface area contributed by atoms with Crippen LogP contribution in [-0.2, 0) is 19.6 Å². The minimum atomic E-state index is -3.81. The van der Waals surface area contributed by atoms with Crippen molar-refractivity contribution in [2.45, 2.75) is 4.90 Å². The van der Waals surface area contributed by atoms with E-state index in [0.29, 0.717) is 11.4 Å². The van der Waals surface area contributed by atoms with Crippen molar-refractivity contribution in [1.82, 2.24) is 0 Å². The zero-order chi connectivity index (χ0) is 18.4. The van der Waals surface area contributed by atoms with E-state index in [9.17, 15) is 18.0 Å². The number of primary amides is 1. The van der Waals surface area contributed by atoms with E-state index in [1.54, 1.807) is 12.1 Å². The van der Waals surface area contributed by atoms with Gasteiger partial charge in [-0.2, -0.15) is 0 Å². The SMILES string of the molecule is COCC(=O)Nc1ccc(NS(=O)(=O)c2ccc(C(N)=O)cc2)cc1. The summed E-state index contributed by atoms with van der Waals surface area (Å²) in [7, 11) is -2.40. The summed E-state index contributed by atoms with van der Waals surface area (Å²) in [6.45, 7) is -0.0737. The fourth-order valence-electron chi connectivity index (χ4n) is 1.96. The molecule has 0 radical (unpaired) electrons. The molecule has 0 aliphatic heterocycles. The van der Waals surface area contributed by atoms with Crippen molar-refractivity contribution in [1.29, 1.82) is 0 Å². The highest BCUT2D eigenvalue weighted by Gasteiger charge is 2.14. The molecule has 0 aliphatic carbocycles. The lowest BCUT2D eigenvalue weighted by Gasteiger charge is -2.10. The highest BCUT2D eigenvalue weighted by Crippen LogP contribution is 2.19. The number of nitrogens with two attached hydrogens (primary N) is 1. The van der Waals surface area contributed by atoms with Crippen LogP contribution in [0.15, 0.2) is 53.4 Å². The van der Waals surface area contributed by atoms with Crippen molar-refractivity contribution in [2.24, 2.45) is 5.73 Å². The number of carbonyl (C=O) groups excluding carboxylic acids is 2. The van der Waals surface area contributed by atoms with Crippen LogP contribution in [0.5, 0.6) is 0 Å². The van der Waals surface area contributed by atoms with E-state index in [1.807, 2.05) is 0 Å². The van der Waals surface area contributed by atoms with Gasteiger partial charge in [0.25, 0.3) is 10.0 Å². The summed E-state index contributed by atoms with van der Waals surface area (Å²) in [5.41, 5.74) is 6.17. The lowest BCUT2D eigenvalue weighted by atomic mass is 10.2. The summed E-state index contributed by atoms with van der Waals surface area (Å²) in [5.74, 6) is -0.951. The van der Waals surface area contributed by atoms with Gasteiger partial charge >= 0.3 is 0 Å². The smallest absolute Gasteiger partial charge is 0.261 e. The van der Waals surface area contributed by atoms with E-state index in [1.165, 1.54) is 43.5 Å². The quantitative estimate of drug-likeness (QED) is 0.680. The van der Waals surface area contributed by atoms with Crippen molar-refractivity contribution >= 4 is 33.2 Å². The zero-order valence-electron chi connectivity index (χ0n) is 13.4. The van der Waals surface area contributed by atoms with E-state index in [0.717, 1.165) is 0 Å². The highest BCUT2D eigenvalue weighted by atomic mass is 32.2. The maximum Gasteiger partial charge on any atom is 0.261 e. The van der Waals surface area contributed by atoms with Gasteiger partial charge in [0.2, 0.25) is 11.8 Å². The van der Waals surface area contributed by atoms with Crippen LogP contribution in [0.3, 0.4) is 0 Å². The Hall–Kier alpha value is -2.91.